The molecule has 2 aliphatic carbocycles. The van der Waals surface area contributed by atoms with Crippen LogP contribution in [-0.4, -0.2) is 18.5 Å². The Bertz CT molecular complexity index is 3320. The molecule has 4 aromatic heterocycles. The van der Waals surface area contributed by atoms with Gasteiger partial charge in [-0.25, -0.2) is 0 Å². The number of aryl methyl sites for hydroxylation is 4. The van der Waals surface area contributed by atoms with Crippen molar-refractivity contribution in [2.24, 2.45) is 0 Å². The Balaban J connectivity index is 0.993. The Labute approximate surface area is 366 Å². The molecule has 4 aliphatic rings. The molecule has 10 aromatic rings. The third kappa shape index (κ3) is 6.69. The maximum atomic E-state index is 6.67. The van der Waals surface area contributed by atoms with Gasteiger partial charge in [0, 0.05) is 17.2 Å². The van der Waals surface area contributed by atoms with E-state index in [0.717, 1.165) is 73.9 Å². The van der Waals surface area contributed by atoms with Gasteiger partial charge in [0.05, 0.1) is 0 Å². The number of rotatable bonds is 7. The minimum absolute atomic E-state index is 0.312. The average molecular weight is 970 g/mol. The van der Waals surface area contributed by atoms with E-state index in [1.54, 1.807) is 0 Å². The number of ether oxygens (including phenoxy) is 1. The molecule has 0 unspecified atom stereocenters. The molecule has 0 fully saturated rings. The molecule has 6 heterocycles. The van der Waals surface area contributed by atoms with Gasteiger partial charge in [-0.3, -0.25) is 0 Å². The van der Waals surface area contributed by atoms with Crippen molar-refractivity contribution >= 4 is 27.3 Å². The van der Waals surface area contributed by atoms with E-state index < -0.39 is 0 Å². The normalized spacial score (nSPS) is 12.9. The monoisotopic (exact) mass is 969 g/mol. The number of benzene rings is 6. The SMILES string of the molecule is CC(C)(c1ccccc1)c1cc(-n2c3[c-]c(Oc4[c-]c(-n5cc6c7ccc(n6[c]5=[Pt])CCc5ccc(cc5)CC7)ccc4)ccc3c3ccccc32)ncc1-c1ccccc1. The van der Waals surface area contributed by atoms with Crippen LogP contribution in [0.3, 0.4) is 0 Å². The fraction of sp³-hybridized carbons (Fsp3) is 0.127. The van der Waals surface area contributed by atoms with Crippen molar-refractivity contribution < 1.29 is 24.1 Å². The number of imidazole rings is 1. The summed E-state index contributed by atoms with van der Waals surface area (Å²) in [5.41, 5.74) is 13.9. The van der Waals surface area contributed by atoms with Crippen LogP contribution in [0.1, 0.15) is 47.4 Å². The van der Waals surface area contributed by atoms with Gasteiger partial charge in [-0.1, -0.05) is 86.6 Å². The summed E-state index contributed by atoms with van der Waals surface area (Å²) in [4.78, 5) is 5.19. The predicted molar refractivity (Wildman–Crippen MR) is 242 cm³/mol. The number of hydrogen-bond acceptors (Lipinski definition) is 2. The Morgan fingerprint density at radius 1 is 0.639 bits per heavy atom. The first-order valence-electron chi connectivity index (χ1n) is 20.9. The molecule has 5 nitrogen and oxygen atoms in total. The topological polar surface area (TPSA) is 36.4 Å². The molecule has 61 heavy (non-hydrogen) atoms. The number of nitrogens with zero attached hydrogens (tertiary/aromatic N) is 4. The van der Waals surface area contributed by atoms with Crippen molar-refractivity contribution in [1.29, 1.82) is 0 Å². The number of aromatic nitrogens is 4. The fourth-order valence-corrected chi connectivity index (χ4v) is 10.2. The van der Waals surface area contributed by atoms with Gasteiger partial charge < -0.3 is 0 Å². The van der Waals surface area contributed by atoms with E-state index in [-0.39, 0.29) is 5.41 Å². The molecule has 0 radical (unpaired) electrons. The Morgan fingerprint density at radius 2 is 1.36 bits per heavy atom. The van der Waals surface area contributed by atoms with Crippen LogP contribution in [0.4, 0.5) is 0 Å². The van der Waals surface area contributed by atoms with Crippen molar-refractivity contribution in [3.8, 4) is 34.1 Å². The van der Waals surface area contributed by atoms with Gasteiger partial charge in [0.25, 0.3) is 0 Å². The third-order valence-corrected chi connectivity index (χ3v) is 13.5. The summed E-state index contributed by atoms with van der Waals surface area (Å²) in [6.07, 6.45) is 8.25. The van der Waals surface area contributed by atoms with Crippen LogP contribution in [0.2, 0.25) is 0 Å². The summed E-state index contributed by atoms with van der Waals surface area (Å²) in [6.45, 7) is 4.60. The van der Waals surface area contributed by atoms with Crippen molar-refractivity contribution in [3.05, 3.63) is 220 Å². The van der Waals surface area contributed by atoms with Gasteiger partial charge >= 0.3 is 248 Å². The van der Waals surface area contributed by atoms with Crippen molar-refractivity contribution in [3.63, 3.8) is 0 Å². The maximum absolute atomic E-state index is 6.67. The molecule has 0 atom stereocenters. The summed E-state index contributed by atoms with van der Waals surface area (Å²) in [5.74, 6) is 2.07. The van der Waals surface area contributed by atoms with Gasteiger partial charge in [0.2, 0.25) is 0 Å². The molecule has 6 aromatic carbocycles. The van der Waals surface area contributed by atoms with E-state index in [1.165, 1.54) is 39.0 Å². The van der Waals surface area contributed by atoms with Gasteiger partial charge in [-0.05, 0) is 16.7 Å². The summed E-state index contributed by atoms with van der Waals surface area (Å²) in [7, 11) is 0. The Kier molecular flexibility index (Phi) is 9.31. The predicted octanol–water partition coefficient (Wildman–Crippen LogP) is 12.6. The Morgan fingerprint density at radius 3 is 2.16 bits per heavy atom. The number of para-hydroxylation sites is 1. The Hall–Kier alpha value is -6.55. The fourth-order valence-electron chi connectivity index (χ4n) is 9.14. The standard InChI is InChI=1S/C55H42N4O.Pt/c1-55(2,42-14-7-4-8-15-42)50-34-54(56-35-49(50)40-12-5-3-6-13-40)59-51-19-10-9-18-47(51)48-31-30-46(33-52(48)59)60-45-17-11-16-44(32-45)57-36-53-41-26-24-38-20-22-39(23-21-38)25-28-43(29-27-41)58(53)37-57;/h3-23,27,29-31,34-36H,24-26,28H2,1-2H3;/q-2;. The number of fused-ring (bicyclic) bond motifs is 3. The van der Waals surface area contributed by atoms with E-state index in [1.807, 2.05) is 24.4 Å². The van der Waals surface area contributed by atoms with E-state index in [0.29, 0.717) is 11.5 Å². The van der Waals surface area contributed by atoms with Gasteiger partial charge in [-0.15, -0.1) is 0 Å². The molecular formula is C55H42N4OPt-2. The molecule has 14 rings (SSSR count). The van der Waals surface area contributed by atoms with Gasteiger partial charge in [-0.2, -0.15) is 0 Å². The average Bonchev–Trinajstić information content (AvgIpc) is 3.82. The van der Waals surface area contributed by atoms with E-state index >= 15 is 0 Å². The molecule has 0 saturated heterocycles. The number of hydrogen-bond donors (Lipinski definition) is 0. The van der Waals surface area contributed by atoms with Crippen molar-refractivity contribution in [1.82, 2.24) is 18.5 Å². The molecular weight excluding hydrogens is 928 g/mol. The molecule has 300 valence electrons. The van der Waals surface area contributed by atoms with E-state index in [4.69, 9.17) is 9.72 Å². The zero-order valence-electron chi connectivity index (χ0n) is 34.0. The first kappa shape index (κ1) is 37.4. The first-order chi connectivity index (χ1) is 29.9. The van der Waals surface area contributed by atoms with Crippen LogP contribution in [-0.2, 0) is 50.5 Å². The molecule has 2 aliphatic heterocycles. The second-order valence-electron chi connectivity index (χ2n) is 16.5. The van der Waals surface area contributed by atoms with E-state index in [9.17, 15) is 0 Å². The van der Waals surface area contributed by atoms with E-state index in [2.05, 4.69) is 205 Å². The second kappa shape index (κ2) is 15.2. The number of pyridine rings is 2. The van der Waals surface area contributed by atoms with Crippen LogP contribution in [0.25, 0.3) is 50.0 Å². The molecule has 0 spiro atoms. The quantitative estimate of drug-likeness (QED) is 0.149. The van der Waals surface area contributed by atoms with Crippen LogP contribution >= 0.6 is 0 Å². The molecule has 0 N–H and O–H groups in total. The summed E-state index contributed by atoms with van der Waals surface area (Å²) in [6, 6.07) is 63.5. The summed E-state index contributed by atoms with van der Waals surface area (Å²) in [5, 5.41) is 2.22. The van der Waals surface area contributed by atoms with Gasteiger partial charge in [0.1, 0.15) is 0 Å². The molecule has 0 amide bonds. The van der Waals surface area contributed by atoms with Crippen LogP contribution in [0.5, 0.6) is 11.5 Å². The molecule has 0 saturated carbocycles. The van der Waals surface area contributed by atoms with Crippen molar-refractivity contribution in [2.45, 2.75) is 44.9 Å². The van der Waals surface area contributed by atoms with Crippen LogP contribution in [0.15, 0.2) is 170 Å². The van der Waals surface area contributed by atoms with Crippen molar-refractivity contribution in [2.75, 3.05) is 0 Å². The smallest absolute Gasteiger partial charge is 0.0622 e. The third-order valence-electron chi connectivity index (χ3n) is 12.5. The zero-order valence-corrected chi connectivity index (χ0v) is 36.3. The summed E-state index contributed by atoms with van der Waals surface area (Å²) < 4.78 is 14.7. The summed E-state index contributed by atoms with van der Waals surface area (Å²) >= 11 is 2.47. The van der Waals surface area contributed by atoms with Crippen LogP contribution in [0, 0.1) is 15.9 Å². The molecule has 6 heteroatoms. The van der Waals surface area contributed by atoms with Crippen LogP contribution < -0.4 is 4.74 Å². The molecule has 4 bridgehead atoms. The first-order valence-corrected chi connectivity index (χ1v) is 22.1. The minimum Gasteiger partial charge on any atom is -0.0622 e. The minimum atomic E-state index is -0.312. The zero-order chi connectivity index (χ0) is 41.1. The van der Waals surface area contributed by atoms with Gasteiger partial charge in [0.15, 0.2) is 0 Å². The second-order valence-corrected chi connectivity index (χ2v) is 17.5.